The van der Waals surface area contributed by atoms with Gasteiger partial charge in [0.1, 0.15) is 5.75 Å². The Morgan fingerprint density at radius 1 is 1.28 bits per heavy atom. The lowest BCUT2D eigenvalue weighted by atomic mass is 10.0. The molecule has 1 atom stereocenters. The van der Waals surface area contributed by atoms with E-state index in [1.807, 2.05) is 6.07 Å². The highest BCUT2D eigenvalue weighted by atomic mass is 16.5. The third kappa shape index (κ3) is 3.47. The molecule has 1 unspecified atom stereocenters. The molecule has 0 spiro atoms. The van der Waals surface area contributed by atoms with E-state index >= 15 is 0 Å². The van der Waals surface area contributed by atoms with E-state index in [9.17, 15) is 0 Å². The van der Waals surface area contributed by atoms with E-state index in [0.717, 1.165) is 44.7 Å². The van der Waals surface area contributed by atoms with Crippen molar-refractivity contribution in [3.8, 4) is 5.75 Å². The molecule has 18 heavy (non-hydrogen) atoms. The molecule has 0 aliphatic carbocycles. The van der Waals surface area contributed by atoms with Crippen molar-refractivity contribution in [1.29, 1.82) is 0 Å². The SMILES string of the molecule is CN(CCCCCO)CC1COc2ccccc21. The number of fused-ring (bicyclic) bond motifs is 1. The van der Waals surface area contributed by atoms with Crippen LogP contribution in [0.25, 0.3) is 0 Å². The molecule has 0 saturated heterocycles. The largest absolute Gasteiger partial charge is 0.493 e. The van der Waals surface area contributed by atoms with Crippen LogP contribution in [0.15, 0.2) is 24.3 Å². The number of para-hydroxylation sites is 1. The van der Waals surface area contributed by atoms with Crippen molar-refractivity contribution in [3.05, 3.63) is 29.8 Å². The van der Waals surface area contributed by atoms with Gasteiger partial charge >= 0.3 is 0 Å². The van der Waals surface area contributed by atoms with Gasteiger partial charge in [0.05, 0.1) is 6.61 Å². The Morgan fingerprint density at radius 2 is 2.11 bits per heavy atom. The van der Waals surface area contributed by atoms with Gasteiger partial charge in [-0.15, -0.1) is 0 Å². The van der Waals surface area contributed by atoms with Crippen molar-refractivity contribution in [2.24, 2.45) is 0 Å². The molecular weight excluding hydrogens is 226 g/mol. The highest BCUT2D eigenvalue weighted by Crippen LogP contribution is 2.33. The van der Waals surface area contributed by atoms with Crippen molar-refractivity contribution >= 4 is 0 Å². The highest BCUT2D eigenvalue weighted by molar-refractivity contribution is 5.39. The van der Waals surface area contributed by atoms with E-state index in [1.54, 1.807) is 0 Å². The topological polar surface area (TPSA) is 32.7 Å². The summed E-state index contributed by atoms with van der Waals surface area (Å²) in [7, 11) is 2.17. The van der Waals surface area contributed by atoms with Gasteiger partial charge in [-0.3, -0.25) is 0 Å². The number of unbranched alkanes of at least 4 members (excludes halogenated alkanes) is 2. The van der Waals surface area contributed by atoms with Crippen LogP contribution in [0.2, 0.25) is 0 Å². The molecule has 1 N–H and O–H groups in total. The minimum Gasteiger partial charge on any atom is -0.493 e. The predicted octanol–water partition coefficient (Wildman–Crippen LogP) is 2.26. The maximum Gasteiger partial charge on any atom is 0.122 e. The molecule has 2 rings (SSSR count). The number of likely N-dealkylation sites (N-methyl/N-ethyl adjacent to an activating group) is 1. The first-order valence-electron chi connectivity index (χ1n) is 6.82. The molecule has 1 aliphatic rings. The first-order valence-corrected chi connectivity index (χ1v) is 6.82. The minimum atomic E-state index is 0.313. The van der Waals surface area contributed by atoms with Crippen LogP contribution in [0, 0.1) is 0 Å². The summed E-state index contributed by atoms with van der Waals surface area (Å²) in [5, 5.41) is 8.74. The second-order valence-electron chi connectivity index (χ2n) is 5.09. The highest BCUT2D eigenvalue weighted by Gasteiger charge is 2.24. The second-order valence-corrected chi connectivity index (χ2v) is 5.09. The zero-order chi connectivity index (χ0) is 12.8. The third-order valence-electron chi connectivity index (χ3n) is 3.53. The van der Waals surface area contributed by atoms with Crippen LogP contribution in [-0.4, -0.2) is 43.4 Å². The lowest BCUT2D eigenvalue weighted by molar-refractivity contribution is 0.253. The molecule has 1 aliphatic heterocycles. The molecule has 3 nitrogen and oxygen atoms in total. The van der Waals surface area contributed by atoms with Gasteiger partial charge in [0.2, 0.25) is 0 Å². The summed E-state index contributed by atoms with van der Waals surface area (Å²) in [5.41, 5.74) is 1.35. The van der Waals surface area contributed by atoms with E-state index in [0.29, 0.717) is 12.5 Å². The Kier molecular flexibility index (Phi) is 5.02. The molecule has 1 heterocycles. The van der Waals surface area contributed by atoms with Crippen LogP contribution in [-0.2, 0) is 0 Å². The van der Waals surface area contributed by atoms with Crippen molar-refractivity contribution in [2.75, 3.05) is 33.4 Å². The predicted molar refractivity (Wildman–Crippen MR) is 73.1 cm³/mol. The van der Waals surface area contributed by atoms with Crippen LogP contribution in [0.4, 0.5) is 0 Å². The van der Waals surface area contributed by atoms with Gasteiger partial charge in [0.15, 0.2) is 0 Å². The molecule has 0 radical (unpaired) electrons. The molecule has 1 aromatic rings. The molecule has 3 heteroatoms. The number of aliphatic hydroxyl groups is 1. The Hall–Kier alpha value is -1.06. The summed E-state index contributed by atoms with van der Waals surface area (Å²) < 4.78 is 5.70. The van der Waals surface area contributed by atoms with Crippen LogP contribution in [0.5, 0.6) is 5.75 Å². The van der Waals surface area contributed by atoms with Gasteiger partial charge in [-0.2, -0.15) is 0 Å². The molecule has 0 bridgehead atoms. The molecule has 100 valence electrons. The Labute approximate surface area is 109 Å². The minimum absolute atomic E-state index is 0.313. The first-order chi connectivity index (χ1) is 8.81. The number of aliphatic hydroxyl groups excluding tert-OH is 1. The normalized spacial score (nSPS) is 17.8. The fourth-order valence-corrected chi connectivity index (χ4v) is 2.52. The monoisotopic (exact) mass is 249 g/mol. The van der Waals surface area contributed by atoms with Gasteiger partial charge in [0.25, 0.3) is 0 Å². The molecule has 0 aromatic heterocycles. The van der Waals surface area contributed by atoms with Crippen LogP contribution >= 0.6 is 0 Å². The summed E-state index contributed by atoms with van der Waals surface area (Å²) >= 11 is 0. The van der Waals surface area contributed by atoms with Crippen molar-refractivity contribution in [3.63, 3.8) is 0 Å². The Balaban J connectivity index is 1.77. The zero-order valence-electron chi connectivity index (χ0n) is 11.1. The van der Waals surface area contributed by atoms with Gasteiger partial charge in [0, 0.05) is 24.6 Å². The maximum atomic E-state index is 8.74. The lowest BCUT2D eigenvalue weighted by Gasteiger charge is -2.20. The number of rotatable bonds is 7. The molecule has 0 amide bonds. The number of hydrogen-bond donors (Lipinski definition) is 1. The van der Waals surface area contributed by atoms with E-state index in [-0.39, 0.29) is 0 Å². The van der Waals surface area contributed by atoms with Crippen molar-refractivity contribution in [2.45, 2.75) is 25.2 Å². The van der Waals surface area contributed by atoms with Gasteiger partial charge in [-0.25, -0.2) is 0 Å². The third-order valence-corrected chi connectivity index (χ3v) is 3.53. The molecule has 1 aromatic carbocycles. The lowest BCUT2D eigenvalue weighted by Crippen LogP contribution is -2.26. The van der Waals surface area contributed by atoms with Crippen LogP contribution in [0.1, 0.15) is 30.7 Å². The quantitative estimate of drug-likeness (QED) is 0.752. The smallest absolute Gasteiger partial charge is 0.122 e. The fraction of sp³-hybridized carbons (Fsp3) is 0.600. The number of ether oxygens (including phenoxy) is 1. The van der Waals surface area contributed by atoms with Gasteiger partial charge in [-0.05, 0) is 38.9 Å². The van der Waals surface area contributed by atoms with Crippen molar-refractivity contribution in [1.82, 2.24) is 4.90 Å². The van der Waals surface area contributed by atoms with Gasteiger partial charge in [-0.1, -0.05) is 18.2 Å². The fourth-order valence-electron chi connectivity index (χ4n) is 2.52. The summed E-state index contributed by atoms with van der Waals surface area (Å²) in [6.07, 6.45) is 3.19. The number of benzene rings is 1. The maximum absolute atomic E-state index is 8.74. The number of hydrogen-bond acceptors (Lipinski definition) is 3. The van der Waals surface area contributed by atoms with Crippen LogP contribution in [0.3, 0.4) is 0 Å². The second kappa shape index (κ2) is 6.76. The molecular formula is C15H23NO2. The van der Waals surface area contributed by atoms with Gasteiger partial charge < -0.3 is 14.7 Å². The summed E-state index contributed by atoms with van der Waals surface area (Å²) in [6, 6.07) is 8.34. The van der Waals surface area contributed by atoms with Crippen molar-refractivity contribution < 1.29 is 9.84 Å². The Bertz CT molecular complexity index is 367. The summed E-state index contributed by atoms with van der Waals surface area (Å²) in [6.45, 7) is 3.27. The molecule has 0 fully saturated rings. The van der Waals surface area contributed by atoms with E-state index in [1.165, 1.54) is 5.56 Å². The van der Waals surface area contributed by atoms with E-state index in [2.05, 4.69) is 30.1 Å². The first kappa shape index (κ1) is 13.4. The zero-order valence-corrected chi connectivity index (χ0v) is 11.1. The van der Waals surface area contributed by atoms with E-state index in [4.69, 9.17) is 9.84 Å². The summed E-state index contributed by atoms with van der Waals surface area (Å²) in [4.78, 5) is 2.37. The number of nitrogens with zero attached hydrogens (tertiary/aromatic N) is 1. The van der Waals surface area contributed by atoms with Crippen LogP contribution < -0.4 is 4.74 Å². The standard InChI is InChI=1S/C15H23NO2/c1-16(9-5-2-6-10-17)11-13-12-18-15-8-4-3-7-14(13)15/h3-4,7-8,13,17H,2,5-6,9-12H2,1H3. The van der Waals surface area contributed by atoms with E-state index < -0.39 is 0 Å². The summed E-state index contributed by atoms with van der Waals surface area (Å²) in [5.74, 6) is 1.56. The average Bonchev–Trinajstić information content (AvgIpc) is 2.78. The molecule has 0 saturated carbocycles. The Morgan fingerprint density at radius 3 is 2.94 bits per heavy atom. The average molecular weight is 249 g/mol.